The number of carboxylic acids is 1. The molecule has 0 radical (unpaired) electrons. The number of rotatable bonds is 23. The molecular formula is C78H82F4N12O7S2. The molecule has 2 aliphatic heterocycles. The maximum Gasteiger partial charge on any atom is 0.319 e. The van der Waals surface area contributed by atoms with Crippen molar-refractivity contribution in [1.82, 2.24) is 39.4 Å². The van der Waals surface area contributed by atoms with E-state index in [-0.39, 0.29) is 17.2 Å². The highest BCUT2D eigenvalue weighted by Gasteiger charge is 2.58. The molecule has 14 rings (SSSR count). The number of ether oxygens (including phenoxy) is 2. The van der Waals surface area contributed by atoms with Gasteiger partial charge in [-0.2, -0.15) is 0 Å². The summed E-state index contributed by atoms with van der Waals surface area (Å²) in [5, 5.41) is 16.7. The number of nitrogens with two attached hydrogens (primary N) is 1. The van der Waals surface area contributed by atoms with Crippen LogP contribution in [0.1, 0.15) is 36.8 Å². The Balaban J connectivity index is 0.000000166. The van der Waals surface area contributed by atoms with Gasteiger partial charge in [0.15, 0.2) is 23.1 Å². The number of carbonyl (C=O) groups is 4. The van der Waals surface area contributed by atoms with Crippen LogP contribution < -0.4 is 31.2 Å². The van der Waals surface area contributed by atoms with Crippen LogP contribution in [0.3, 0.4) is 0 Å². The maximum absolute atomic E-state index is 15.3. The number of nitrogens with one attached hydrogen (secondary N) is 3. The molecule has 4 fully saturated rings. The van der Waals surface area contributed by atoms with Crippen molar-refractivity contribution in [2.45, 2.75) is 38.8 Å². The Labute approximate surface area is 603 Å². The number of thiophene rings is 2. The van der Waals surface area contributed by atoms with Gasteiger partial charge in [0.25, 0.3) is 0 Å². The molecule has 6 aromatic carbocycles. The van der Waals surface area contributed by atoms with Crippen LogP contribution in [-0.4, -0.2) is 175 Å². The lowest BCUT2D eigenvalue weighted by molar-refractivity contribution is -0.147. The highest BCUT2D eigenvalue weighted by molar-refractivity contribution is 7.23. The van der Waals surface area contributed by atoms with Crippen LogP contribution in [0.4, 0.5) is 40.3 Å². The van der Waals surface area contributed by atoms with Crippen LogP contribution >= 0.6 is 22.7 Å². The Morgan fingerprint density at radius 2 is 0.883 bits per heavy atom. The summed E-state index contributed by atoms with van der Waals surface area (Å²) >= 11 is 3.12. The first-order chi connectivity index (χ1) is 49.6. The van der Waals surface area contributed by atoms with E-state index in [4.69, 9.17) is 20.3 Å². The number of carbonyl (C=O) groups excluding carboxylic acids is 3. The Hall–Kier alpha value is -9.70. The Kier molecular flexibility index (Phi) is 23.2. The molecule has 2 saturated heterocycles. The molecule has 6 heterocycles. The smallest absolute Gasteiger partial charge is 0.319 e. The molecule has 0 atom stereocenters. The summed E-state index contributed by atoms with van der Waals surface area (Å²) in [4.78, 5) is 74.2. The number of carboxylic acid groups (broad SMARTS) is 1. The van der Waals surface area contributed by atoms with E-state index < -0.39 is 57.8 Å². The van der Waals surface area contributed by atoms with Gasteiger partial charge in [0.2, 0.25) is 17.7 Å². The van der Waals surface area contributed by atoms with E-state index in [1.807, 2.05) is 6.07 Å². The van der Waals surface area contributed by atoms with E-state index in [0.717, 1.165) is 133 Å². The second-order valence-corrected chi connectivity index (χ2v) is 28.9. The standard InChI is InChI=1S/C39H40F2N6O3S.C28H32FN5OS.C11H10FNO3/c1-45-17-20-47(21-18-45)22-19-46(2)25-26-3-5-27(6-4-26)35-24-32-36(51-35)34(13-16-42-32)50-33-12-11-30(23-31(33)41)44-38(49)39(14-15-39)37(48)43-29-9-7-28(40)8-10-29;1-32-11-14-34(15-12-32)16-13-33(2)19-20-3-5-21(6-4-20)27-18-24-28(36-27)26(9-10-31-24)35-25-8-7-22(30)17-23(25)29;12-7-1-3-8(4-2-7)13-9(14)11(5-6-11)10(15)16/h3-13,16,23-24H,14-15,17-22,25H2,1-2H3,(H,43,48)(H,44,49);3-10,17-18H,11-16,19,30H2,1-2H3;1-4H,5-6H2,(H,13,14)(H,15,16). The fourth-order valence-electron chi connectivity index (χ4n) is 12.0. The lowest BCUT2D eigenvalue weighted by atomic mass is 10.0. The zero-order valence-electron chi connectivity index (χ0n) is 57.8. The number of aliphatic carboxylic acids is 1. The lowest BCUT2D eigenvalue weighted by Crippen LogP contribution is -2.46. The summed E-state index contributed by atoms with van der Waals surface area (Å²) in [5.41, 5.74) is 10.8. The molecule has 103 heavy (non-hydrogen) atoms. The first kappa shape index (κ1) is 73.1. The Morgan fingerprint density at radius 1 is 0.495 bits per heavy atom. The second kappa shape index (κ2) is 32.7. The molecule has 4 aliphatic rings. The first-order valence-corrected chi connectivity index (χ1v) is 35.8. The van der Waals surface area contributed by atoms with Gasteiger partial charge in [0.1, 0.15) is 34.0 Å². The van der Waals surface area contributed by atoms with Crippen molar-refractivity contribution < 1.29 is 51.3 Å². The SMILES string of the molecule is CN1CCN(CCN(C)Cc2ccc(-c3cc4nccc(Oc5ccc(N)cc5F)c4s3)cc2)CC1.CN1CCN(CCN(C)Cc2ccc(-c3cc4nccc(Oc5ccc(NC(=O)C6(C(=O)Nc7ccc(F)cc7)CC6)cc5F)c4s3)cc2)CC1.O=C(O)C1(C(=O)Nc2ccc(F)cc2)CC1. The fourth-order valence-corrected chi connectivity index (χ4v) is 14.2. The molecule has 6 N–H and O–H groups in total. The van der Waals surface area contributed by atoms with E-state index in [9.17, 15) is 32.3 Å². The molecule has 536 valence electrons. The van der Waals surface area contributed by atoms with Gasteiger partial charge >= 0.3 is 5.97 Å². The number of anilines is 4. The molecule has 10 aromatic rings. The number of nitrogen functional groups attached to an aromatic ring is 1. The van der Waals surface area contributed by atoms with Gasteiger partial charge in [0.05, 0.1) is 20.4 Å². The topological polar surface area (TPSA) is 214 Å². The monoisotopic (exact) mass is 1440 g/mol. The summed E-state index contributed by atoms with van der Waals surface area (Å²) in [5.74, 6) is -3.45. The average Bonchev–Trinajstić information content (AvgIpc) is 1.62. The van der Waals surface area contributed by atoms with Gasteiger partial charge in [-0.3, -0.25) is 38.9 Å². The molecule has 25 heteroatoms. The minimum Gasteiger partial charge on any atom is -0.480 e. The quantitative estimate of drug-likeness (QED) is 0.0229. The number of nitrogens with zero attached hydrogens (tertiary/aromatic N) is 8. The number of likely N-dealkylation sites (N-methyl/N-ethyl adjacent to an activating group) is 4. The van der Waals surface area contributed by atoms with E-state index in [1.165, 1.54) is 95.3 Å². The number of pyridine rings is 2. The number of hydrogen-bond acceptors (Lipinski definition) is 17. The molecule has 2 saturated carbocycles. The summed E-state index contributed by atoms with van der Waals surface area (Å²) < 4.78 is 69.0. The minimum absolute atomic E-state index is 0.00765. The van der Waals surface area contributed by atoms with Crippen molar-refractivity contribution in [3.05, 3.63) is 205 Å². The second-order valence-electron chi connectivity index (χ2n) is 26.8. The van der Waals surface area contributed by atoms with E-state index in [2.05, 4.69) is 138 Å². The highest BCUT2D eigenvalue weighted by Crippen LogP contribution is 2.49. The number of fused-ring (bicyclic) bond motifs is 2. The largest absolute Gasteiger partial charge is 0.480 e. The Bertz CT molecular complexity index is 4620. The summed E-state index contributed by atoms with van der Waals surface area (Å²) in [6.07, 6.45) is 4.74. The first-order valence-electron chi connectivity index (χ1n) is 34.2. The van der Waals surface area contributed by atoms with Crippen molar-refractivity contribution >= 4 is 89.5 Å². The van der Waals surface area contributed by atoms with Crippen LogP contribution in [0.2, 0.25) is 0 Å². The molecule has 4 aromatic heterocycles. The van der Waals surface area contributed by atoms with Crippen LogP contribution in [0.5, 0.6) is 23.0 Å². The van der Waals surface area contributed by atoms with Crippen LogP contribution in [0.15, 0.2) is 170 Å². The lowest BCUT2D eigenvalue weighted by Gasteiger charge is -2.33. The van der Waals surface area contributed by atoms with Crippen LogP contribution in [0, 0.1) is 34.1 Å². The van der Waals surface area contributed by atoms with Crippen molar-refractivity contribution in [2.24, 2.45) is 10.8 Å². The van der Waals surface area contributed by atoms with Gasteiger partial charge in [-0.25, -0.2) is 17.6 Å². The van der Waals surface area contributed by atoms with E-state index >= 15 is 4.39 Å². The number of amides is 3. The van der Waals surface area contributed by atoms with Crippen LogP contribution in [0.25, 0.3) is 41.3 Å². The minimum atomic E-state index is -1.27. The van der Waals surface area contributed by atoms with Gasteiger partial charge in [-0.1, -0.05) is 48.5 Å². The predicted octanol–water partition coefficient (Wildman–Crippen LogP) is 13.9. The third kappa shape index (κ3) is 18.8. The predicted molar refractivity (Wildman–Crippen MR) is 398 cm³/mol. The van der Waals surface area contributed by atoms with Gasteiger partial charge < -0.3 is 55.9 Å². The Morgan fingerprint density at radius 3 is 1.28 bits per heavy atom. The zero-order chi connectivity index (χ0) is 72.4. The normalized spacial score (nSPS) is 15.7. The van der Waals surface area contributed by atoms with E-state index in [1.54, 1.807) is 48.0 Å². The molecular weight excluding hydrogens is 1360 g/mol. The van der Waals surface area contributed by atoms with Gasteiger partial charge in [0, 0.05) is 161 Å². The highest BCUT2D eigenvalue weighted by atomic mass is 32.1. The molecule has 0 spiro atoms. The zero-order valence-corrected chi connectivity index (χ0v) is 59.4. The average molecular weight is 1440 g/mol. The summed E-state index contributed by atoms with van der Waals surface area (Å²) in [6.45, 7) is 15.2. The molecule has 2 aliphatic carbocycles. The molecule has 19 nitrogen and oxygen atoms in total. The van der Waals surface area contributed by atoms with Crippen molar-refractivity contribution in [3.8, 4) is 43.9 Å². The van der Waals surface area contributed by atoms with Crippen molar-refractivity contribution in [1.29, 1.82) is 0 Å². The molecule has 0 bridgehead atoms. The van der Waals surface area contributed by atoms with Gasteiger partial charge in [-0.15, -0.1) is 22.7 Å². The number of aromatic nitrogens is 2. The summed E-state index contributed by atoms with van der Waals surface area (Å²) in [6, 6.07) is 43.9. The van der Waals surface area contributed by atoms with Crippen molar-refractivity contribution in [2.75, 3.05) is 128 Å². The fraction of sp³-hybridized carbons (Fsp3) is 0.308. The molecule has 3 amide bonds. The van der Waals surface area contributed by atoms with Gasteiger partial charge in [-0.05, 0) is 161 Å². The van der Waals surface area contributed by atoms with E-state index in [0.29, 0.717) is 54.2 Å². The van der Waals surface area contributed by atoms with Crippen LogP contribution in [-0.2, 0) is 32.3 Å². The number of hydrogen-bond donors (Lipinski definition) is 5. The van der Waals surface area contributed by atoms with Crippen molar-refractivity contribution in [3.63, 3.8) is 0 Å². The number of piperazine rings is 2. The summed E-state index contributed by atoms with van der Waals surface area (Å²) in [7, 11) is 8.72. The third-order valence-corrected chi connectivity index (χ3v) is 21.3. The number of benzene rings is 6. The number of halogens is 4. The third-order valence-electron chi connectivity index (χ3n) is 18.9. The molecule has 0 unspecified atom stereocenters. The maximum atomic E-state index is 15.3.